The molecule has 0 aliphatic rings. The predicted molar refractivity (Wildman–Crippen MR) is 42.8 cm³/mol. The van der Waals surface area contributed by atoms with Crippen molar-refractivity contribution < 1.29 is 58.0 Å². The van der Waals surface area contributed by atoms with Gasteiger partial charge in [0.1, 0.15) is 0 Å². The molecule has 0 amide bonds. The molecule has 0 atom stereocenters. The van der Waals surface area contributed by atoms with Gasteiger partial charge in [0.2, 0.25) is 0 Å². The molecule has 0 rings (SSSR count). The Morgan fingerprint density at radius 2 is 0.909 bits per heavy atom. The van der Waals surface area contributed by atoms with Crippen LogP contribution in [0, 0.1) is 0 Å². The maximum absolute atomic E-state index is 7.33. The molecular formula is H11AlFFeKMgMnO4Si. The fourth-order valence-electron chi connectivity index (χ4n) is 0. The van der Waals surface area contributed by atoms with Crippen molar-refractivity contribution in [2.75, 3.05) is 0 Å². The quantitative estimate of drug-likeness (QED) is 0.336. The van der Waals surface area contributed by atoms with Crippen LogP contribution in [0.3, 0.4) is 0 Å². The molecule has 1 radical (unpaired) electrons. The van der Waals surface area contributed by atoms with Crippen molar-refractivity contribution in [3.63, 3.8) is 0 Å². The molecule has 11 heavy (non-hydrogen) atoms. The molecule has 0 aliphatic carbocycles. The molecule has 11 heteroatoms. The summed E-state index contributed by atoms with van der Waals surface area (Å²) in [6.07, 6.45) is 0. The normalized spacial score (nSPS) is 5.45. The summed E-state index contributed by atoms with van der Waals surface area (Å²) in [4.78, 5) is 29.3. The molecule has 0 aromatic heterocycles. The SMILES string of the molecule is F.O[Si](O)(O)O.[AlH3].[Fe].[KH].[MgH2].[Mn]. The van der Waals surface area contributed by atoms with Gasteiger partial charge >= 0.3 is 83.5 Å². The molecule has 0 aromatic rings. The summed E-state index contributed by atoms with van der Waals surface area (Å²) in [5.74, 6) is 0. The minimum atomic E-state index is -4.61. The number of rotatable bonds is 0. The summed E-state index contributed by atoms with van der Waals surface area (Å²) < 4.78 is 0. The van der Waals surface area contributed by atoms with E-state index in [1.165, 1.54) is 0 Å². The molecule has 0 unspecified atom stereocenters. The van der Waals surface area contributed by atoms with Gasteiger partial charge in [0.15, 0.2) is 17.4 Å². The van der Waals surface area contributed by atoms with Crippen molar-refractivity contribution in [1.82, 2.24) is 0 Å². The first kappa shape index (κ1) is 46.0. The topological polar surface area (TPSA) is 80.9 Å². The van der Waals surface area contributed by atoms with E-state index in [4.69, 9.17) is 19.2 Å². The van der Waals surface area contributed by atoms with Crippen LogP contribution in [0.2, 0.25) is 0 Å². The van der Waals surface area contributed by atoms with Crippen molar-refractivity contribution in [2.24, 2.45) is 0 Å². The average molecular weight is 323 g/mol. The van der Waals surface area contributed by atoms with E-state index in [0.717, 1.165) is 0 Å². The molecule has 0 spiro atoms. The van der Waals surface area contributed by atoms with Gasteiger partial charge in [-0.2, -0.15) is 0 Å². The second-order valence-electron chi connectivity index (χ2n) is 0.600. The average Bonchev–Trinajstić information content (AvgIpc) is 0.722. The van der Waals surface area contributed by atoms with Gasteiger partial charge in [0.25, 0.3) is 0 Å². The zero-order valence-corrected chi connectivity index (χ0v) is 6.71. The van der Waals surface area contributed by atoms with E-state index in [9.17, 15) is 0 Å². The van der Waals surface area contributed by atoms with E-state index < -0.39 is 9.05 Å². The molecular weight excluding hydrogens is 312 g/mol. The van der Waals surface area contributed by atoms with Crippen LogP contribution in [-0.4, -0.2) is 120 Å². The van der Waals surface area contributed by atoms with Gasteiger partial charge in [-0.05, 0) is 0 Å². The molecule has 67 valence electrons. The number of hydrogen-bond donors (Lipinski definition) is 4. The summed E-state index contributed by atoms with van der Waals surface area (Å²) >= 11 is 0. The Balaban J connectivity index is -0.00000000533. The van der Waals surface area contributed by atoms with Crippen LogP contribution in [0.15, 0.2) is 0 Å². The molecule has 0 saturated heterocycles. The minimum absolute atomic E-state index is 0. The van der Waals surface area contributed by atoms with Crippen molar-refractivity contribution in [3.8, 4) is 0 Å². The Bertz CT molecular complexity index is 45.6. The molecule has 4 N–H and O–H groups in total. The van der Waals surface area contributed by atoms with Crippen LogP contribution in [-0.2, 0) is 34.1 Å². The van der Waals surface area contributed by atoms with Gasteiger partial charge in [-0.25, -0.2) is 0 Å². The van der Waals surface area contributed by atoms with Crippen molar-refractivity contribution in [1.29, 1.82) is 0 Å². The van der Waals surface area contributed by atoms with Gasteiger partial charge < -0.3 is 19.2 Å². The summed E-state index contributed by atoms with van der Waals surface area (Å²) in [6.45, 7) is 0. The second kappa shape index (κ2) is 23.6. The molecule has 0 aromatic carbocycles. The third-order valence-corrected chi connectivity index (χ3v) is 0. The predicted octanol–water partition coefficient (Wildman–Crippen LogP) is -5.21. The van der Waals surface area contributed by atoms with Crippen LogP contribution < -0.4 is 0 Å². The molecule has 0 heterocycles. The standard InChI is InChI=1S/Al.FH.Fe.K.Mg.Mn.H4O4Si.6H/c;;;;;;1-5(2,3)4;;;;;;/h;1H;;;;;1-4H;;;;;;. The van der Waals surface area contributed by atoms with E-state index in [0.29, 0.717) is 0 Å². The van der Waals surface area contributed by atoms with Gasteiger partial charge in [-0.3, -0.25) is 4.70 Å². The molecule has 0 saturated carbocycles. The van der Waals surface area contributed by atoms with Crippen molar-refractivity contribution in [2.45, 2.75) is 0 Å². The van der Waals surface area contributed by atoms with Gasteiger partial charge in [0, 0.05) is 34.1 Å². The molecule has 0 bridgehead atoms. The van der Waals surface area contributed by atoms with E-state index in [1.807, 2.05) is 0 Å². The Hall–Kier alpha value is 3.96. The number of hydrogen-bond acceptors (Lipinski definition) is 4. The summed E-state index contributed by atoms with van der Waals surface area (Å²) in [5.41, 5.74) is 0. The van der Waals surface area contributed by atoms with Crippen LogP contribution in [0.5, 0.6) is 0 Å². The first-order valence-electron chi connectivity index (χ1n) is 0.894. The summed E-state index contributed by atoms with van der Waals surface area (Å²) in [5, 5.41) is 0. The van der Waals surface area contributed by atoms with Gasteiger partial charge in [-0.15, -0.1) is 0 Å². The summed E-state index contributed by atoms with van der Waals surface area (Å²) in [6, 6.07) is 0. The van der Waals surface area contributed by atoms with Crippen molar-refractivity contribution >= 4 is 101 Å². The Morgan fingerprint density at radius 3 is 0.909 bits per heavy atom. The largest absolute Gasteiger partial charge is 0.316 e. The van der Waals surface area contributed by atoms with E-state index in [-0.39, 0.29) is 131 Å². The molecule has 0 fully saturated rings. The summed E-state index contributed by atoms with van der Waals surface area (Å²) in [7, 11) is -4.61. The minimum Gasteiger partial charge on any atom is 0 e. The van der Waals surface area contributed by atoms with Crippen LogP contribution in [0.4, 0.5) is 4.70 Å². The molecule has 0 aliphatic heterocycles. The fourth-order valence-corrected chi connectivity index (χ4v) is 0. The van der Waals surface area contributed by atoms with E-state index in [2.05, 4.69) is 0 Å². The van der Waals surface area contributed by atoms with Crippen LogP contribution in [0.25, 0.3) is 0 Å². The number of halogens is 1. The Morgan fingerprint density at radius 1 is 0.909 bits per heavy atom. The van der Waals surface area contributed by atoms with E-state index in [1.54, 1.807) is 0 Å². The third-order valence-electron chi connectivity index (χ3n) is 0. The smallest absolute Gasteiger partial charge is 0 e. The maximum atomic E-state index is 7.33. The second-order valence-corrected chi connectivity index (χ2v) is 1.80. The Kier molecular flexibility index (Phi) is 98.9. The first-order chi connectivity index (χ1) is 2.00. The Labute approximate surface area is 155 Å². The van der Waals surface area contributed by atoms with E-state index >= 15 is 0 Å². The van der Waals surface area contributed by atoms with Crippen molar-refractivity contribution in [3.05, 3.63) is 0 Å². The third kappa shape index (κ3) is 127. The monoisotopic (exact) mass is 323 g/mol. The van der Waals surface area contributed by atoms with Gasteiger partial charge in [0.05, 0.1) is 0 Å². The first-order valence-corrected chi connectivity index (χ1v) is 2.68. The zero-order chi connectivity index (χ0) is 4.50. The van der Waals surface area contributed by atoms with Crippen LogP contribution in [0.1, 0.15) is 0 Å². The zero-order valence-electron chi connectivity index (χ0n) is 3.43. The fraction of sp³-hybridized carbons (Fsp3) is 0. The molecule has 4 nitrogen and oxygen atoms in total. The van der Waals surface area contributed by atoms with Gasteiger partial charge in [-0.1, -0.05) is 0 Å². The maximum Gasteiger partial charge on any atom is 0.316 e. The van der Waals surface area contributed by atoms with Crippen LogP contribution >= 0.6 is 0 Å².